The first-order chi connectivity index (χ1) is 15.9. The number of anilines is 3. The summed E-state index contributed by atoms with van der Waals surface area (Å²) in [6, 6.07) is 9.67. The molecule has 0 bridgehead atoms. The Morgan fingerprint density at radius 3 is 2.67 bits per heavy atom. The Kier molecular flexibility index (Phi) is 6.72. The van der Waals surface area contributed by atoms with E-state index >= 15 is 4.39 Å². The van der Waals surface area contributed by atoms with Gasteiger partial charge in [0.2, 0.25) is 0 Å². The Balaban J connectivity index is 1.71. The topological polar surface area (TPSA) is 92.1 Å². The maximum absolute atomic E-state index is 15.1. The molecule has 2 heterocycles. The number of halogens is 3. The number of benzene rings is 2. The van der Waals surface area contributed by atoms with Crippen molar-refractivity contribution in [3.63, 3.8) is 0 Å². The van der Waals surface area contributed by atoms with Crippen LogP contribution < -0.4 is 20.5 Å². The van der Waals surface area contributed by atoms with Crippen molar-refractivity contribution in [2.45, 2.75) is 6.42 Å². The molecule has 0 fully saturated rings. The minimum Gasteiger partial charge on any atom is -0.366 e. The monoisotopic (exact) mass is 489 g/mol. The van der Waals surface area contributed by atoms with Crippen molar-refractivity contribution >= 4 is 56.7 Å². The van der Waals surface area contributed by atoms with Crippen molar-refractivity contribution in [3.8, 4) is 0 Å². The molecule has 0 saturated carbocycles. The third-order valence-electron chi connectivity index (χ3n) is 4.87. The number of carbonyl (C=O) groups excluding carboxylic acids is 1. The Morgan fingerprint density at radius 1 is 1.09 bits per heavy atom. The summed E-state index contributed by atoms with van der Waals surface area (Å²) in [4.78, 5) is 16.0. The van der Waals surface area contributed by atoms with Crippen LogP contribution in [0.4, 0.5) is 30.4 Å². The van der Waals surface area contributed by atoms with E-state index < -0.39 is 23.4 Å². The molecule has 0 spiro atoms. The van der Waals surface area contributed by atoms with Crippen LogP contribution in [-0.2, 0) is 6.42 Å². The molecular formula is C22H18F3N5OS2. The lowest BCUT2D eigenvalue weighted by molar-refractivity contribution is 0.100. The fourth-order valence-corrected chi connectivity index (χ4v) is 4.42. The minimum atomic E-state index is -1.27. The van der Waals surface area contributed by atoms with Crippen LogP contribution >= 0.6 is 23.5 Å². The summed E-state index contributed by atoms with van der Waals surface area (Å²) in [5.74, 6) is -4.20. The van der Waals surface area contributed by atoms with Gasteiger partial charge in [0.25, 0.3) is 5.91 Å². The quantitative estimate of drug-likeness (QED) is 0.250. The van der Waals surface area contributed by atoms with Gasteiger partial charge in [-0.1, -0.05) is 0 Å². The molecule has 0 aliphatic rings. The predicted molar refractivity (Wildman–Crippen MR) is 127 cm³/mol. The molecule has 33 heavy (non-hydrogen) atoms. The normalized spacial score (nSPS) is 11.0. The van der Waals surface area contributed by atoms with E-state index in [0.717, 1.165) is 28.3 Å². The first-order valence-corrected chi connectivity index (χ1v) is 11.4. The van der Waals surface area contributed by atoms with Gasteiger partial charge >= 0.3 is 0 Å². The van der Waals surface area contributed by atoms with Gasteiger partial charge in [-0.05, 0) is 65.3 Å². The first-order valence-electron chi connectivity index (χ1n) is 9.66. The van der Waals surface area contributed by atoms with Crippen molar-refractivity contribution in [2.75, 3.05) is 17.1 Å². The van der Waals surface area contributed by atoms with Gasteiger partial charge in [-0.25, -0.2) is 22.9 Å². The van der Waals surface area contributed by atoms with Crippen LogP contribution in [0.1, 0.15) is 21.5 Å². The Bertz CT molecular complexity index is 1350. The lowest BCUT2D eigenvalue weighted by atomic mass is 10.00. The molecule has 11 heteroatoms. The summed E-state index contributed by atoms with van der Waals surface area (Å²) in [6.07, 6.45) is 1.04. The van der Waals surface area contributed by atoms with E-state index in [2.05, 4.69) is 19.7 Å². The van der Waals surface area contributed by atoms with Crippen LogP contribution in [0.25, 0.3) is 10.1 Å². The van der Waals surface area contributed by atoms with Crippen molar-refractivity contribution in [3.05, 3.63) is 82.1 Å². The van der Waals surface area contributed by atoms with Crippen LogP contribution in [-0.4, -0.2) is 17.9 Å². The minimum absolute atomic E-state index is 0.0648. The molecule has 6 nitrogen and oxygen atoms in total. The van der Waals surface area contributed by atoms with E-state index in [9.17, 15) is 13.6 Å². The van der Waals surface area contributed by atoms with Crippen LogP contribution in [0.5, 0.6) is 0 Å². The highest BCUT2D eigenvalue weighted by atomic mass is 32.2. The molecule has 0 atom stereocenters. The van der Waals surface area contributed by atoms with Gasteiger partial charge in [0.1, 0.15) is 0 Å². The van der Waals surface area contributed by atoms with Crippen LogP contribution in [0, 0.1) is 17.5 Å². The van der Waals surface area contributed by atoms with E-state index in [0.29, 0.717) is 5.69 Å². The molecule has 0 radical (unpaired) electrons. The molecular weight excluding hydrogens is 471 g/mol. The average molecular weight is 490 g/mol. The molecule has 4 rings (SSSR count). The highest BCUT2D eigenvalue weighted by molar-refractivity contribution is 7.98. The van der Waals surface area contributed by atoms with Crippen molar-refractivity contribution in [2.24, 2.45) is 5.73 Å². The Labute approximate surface area is 195 Å². The molecule has 5 N–H and O–H groups in total. The number of hydrogen-bond donors (Lipinski definition) is 4. The van der Waals surface area contributed by atoms with Gasteiger partial charge in [-0.15, -0.1) is 11.3 Å². The van der Waals surface area contributed by atoms with Crippen LogP contribution in [0.15, 0.2) is 48.0 Å². The summed E-state index contributed by atoms with van der Waals surface area (Å²) >= 11 is 2.55. The number of pyridine rings is 1. The predicted octanol–water partition coefficient (Wildman–Crippen LogP) is 5.34. The molecule has 4 aromatic rings. The standard InChI is InChI=1S/C22H18F3N5OS2/c1-27-33-30-22-18(24)12(4-6-28-22)8-13-10-15(21(26)31)20(19(25)17(13)23)29-14-2-3-16-11(9-14)5-7-32-16/h2-7,9-10,27,29H,8H2,1H3,(H2,26,31)(H,28,30). The Hall–Kier alpha value is -3.28. The number of thiophene rings is 1. The largest absolute Gasteiger partial charge is 0.366 e. The molecule has 2 aromatic heterocycles. The number of amides is 1. The number of hydrogen-bond acceptors (Lipinski definition) is 7. The van der Waals surface area contributed by atoms with Gasteiger partial charge in [0.15, 0.2) is 23.3 Å². The maximum Gasteiger partial charge on any atom is 0.250 e. The average Bonchev–Trinajstić information content (AvgIpc) is 3.27. The van der Waals surface area contributed by atoms with Crippen LogP contribution in [0.3, 0.4) is 0 Å². The van der Waals surface area contributed by atoms with Gasteiger partial charge < -0.3 is 11.1 Å². The van der Waals surface area contributed by atoms with E-state index in [4.69, 9.17) is 5.73 Å². The number of primary amides is 1. The zero-order valence-electron chi connectivity index (χ0n) is 17.2. The number of nitrogens with two attached hydrogens (primary N) is 1. The highest BCUT2D eigenvalue weighted by Gasteiger charge is 2.23. The first kappa shape index (κ1) is 22.9. The number of nitrogens with zero attached hydrogens (tertiary/aromatic N) is 1. The smallest absolute Gasteiger partial charge is 0.250 e. The van der Waals surface area contributed by atoms with Crippen molar-refractivity contribution in [1.82, 2.24) is 9.71 Å². The fourth-order valence-electron chi connectivity index (χ4n) is 3.31. The molecule has 0 aliphatic carbocycles. The number of carbonyl (C=O) groups is 1. The second kappa shape index (κ2) is 9.69. The third kappa shape index (κ3) is 4.75. The lowest BCUT2D eigenvalue weighted by Crippen LogP contribution is -2.16. The molecule has 0 saturated heterocycles. The number of aromatic nitrogens is 1. The van der Waals surface area contributed by atoms with E-state index in [-0.39, 0.29) is 34.6 Å². The SMILES string of the molecule is CNSNc1nccc(Cc2cc(C(N)=O)c(Nc3ccc4sccc4c3)c(F)c2F)c1F. The summed E-state index contributed by atoms with van der Waals surface area (Å²) in [7, 11) is 1.64. The second-order valence-electron chi connectivity index (χ2n) is 6.97. The summed E-state index contributed by atoms with van der Waals surface area (Å²) in [5, 5.41) is 5.59. The number of rotatable bonds is 8. The number of fused-ring (bicyclic) bond motifs is 1. The molecule has 1 amide bonds. The van der Waals surface area contributed by atoms with E-state index in [1.54, 1.807) is 30.5 Å². The Morgan fingerprint density at radius 2 is 1.91 bits per heavy atom. The van der Waals surface area contributed by atoms with Gasteiger partial charge in [0, 0.05) is 35.1 Å². The van der Waals surface area contributed by atoms with Crippen molar-refractivity contribution in [1.29, 1.82) is 0 Å². The zero-order valence-corrected chi connectivity index (χ0v) is 18.8. The van der Waals surface area contributed by atoms with E-state index in [1.807, 2.05) is 17.5 Å². The molecule has 2 aromatic carbocycles. The zero-order chi connectivity index (χ0) is 23.5. The second-order valence-corrected chi connectivity index (χ2v) is 8.73. The molecule has 0 unspecified atom stereocenters. The summed E-state index contributed by atoms with van der Waals surface area (Å²) in [6.45, 7) is 0. The number of nitrogens with one attached hydrogen (secondary N) is 3. The van der Waals surface area contributed by atoms with Gasteiger partial charge in [-0.2, -0.15) is 0 Å². The lowest BCUT2D eigenvalue weighted by Gasteiger charge is -2.15. The third-order valence-corrected chi connectivity index (χ3v) is 6.27. The van der Waals surface area contributed by atoms with Gasteiger partial charge in [-0.3, -0.25) is 9.52 Å². The van der Waals surface area contributed by atoms with Crippen LogP contribution in [0.2, 0.25) is 0 Å². The maximum atomic E-state index is 15.1. The highest BCUT2D eigenvalue weighted by Crippen LogP contribution is 2.32. The van der Waals surface area contributed by atoms with E-state index in [1.165, 1.54) is 12.3 Å². The van der Waals surface area contributed by atoms with Crippen molar-refractivity contribution < 1.29 is 18.0 Å². The fraction of sp³-hybridized carbons (Fsp3) is 0.0909. The summed E-state index contributed by atoms with van der Waals surface area (Å²) in [5.41, 5.74) is 5.17. The summed E-state index contributed by atoms with van der Waals surface area (Å²) < 4.78 is 51.3. The molecule has 170 valence electrons. The molecule has 0 aliphatic heterocycles. The van der Waals surface area contributed by atoms with Gasteiger partial charge in [0.05, 0.1) is 11.3 Å².